The largest absolute Gasteiger partial charge is 0.378 e. The Labute approximate surface area is 99.5 Å². The van der Waals surface area contributed by atoms with Gasteiger partial charge in [-0.25, -0.2) is 0 Å². The van der Waals surface area contributed by atoms with Crippen LogP contribution in [0.15, 0.2) is 21.2 Å². The van der Waals surface area contributed by atoms with Crippen LogP contribution in [0.2, 0.25) is 0 Å². The number of rotatable bonds is 1. The van der Waals surface area contributed by atoms with Gasteiger partial charge in [0.25, 0.3) is 0 Å². The van der Waals surface area contributed by atoms with Crippen molar-refractivity contribution in [3.05, 3.63) is 26.9 Å². The molecule has 76 valence electrons. The van der Waals surface area contributed by atoms with E-state index in [9.17, 15) is 0 Å². The highest BCUT2D eigenvalue weighted by atomic mass is 79.9. The fraction of sp³-hybridized carbons (Fsp3) is 0.444. The molecule has 2 rings (SSSR count). The summed E-state index contributed by atoms with van der Waals surface area (Å²) in [6, 6.07) is 2.20. The minimum atomic E-state index is 0.200. The molecule has 1 aliphatic rings. The number of aromatic nitrogens is 1. The number of nitrogens with one attached hydrogen (secondary N) is 1. The minimum Gasteiger partial charge on any atom is -0.378 e. The zero-order valence-corrected chi connectivity index (χ0v) is 10.6. The summed E-state index contributed by atoms with van der Waals surface area (Å²) >= 11 is 6.87. The number of nitrogens with zero attached hydrogens (tertiary/aromatic N) is 1. The van der Waals surface area contributed by atoms with Crippen molar-refractivity contribution < 1.29 is 4.74 Å². The molecule has 14 heavy (non-hydrogen) atoms. The second-order valence-electron chi connectivity index (χ2n) is 3.10. The molecule has 0 spiro atoms. The molecule has 1 aromatic rings. The molecule has 1 N–H and O–H groups in total. The van der Waals surface area contributed by atoms with Gasteiger partial charge in [-0.3, -0.25) is 4.98 Å². The highest BCUT2D eigenvalue weighted by Crippen LogP contribution is 2.25. The molecule has 0 radical (unpaired) electrons. The molecule has 3 nitrogen and oxygen atoms in total. The number of halogens is 2. The molecule has 1 aromatic heterocycles. The van der Waals surface area contributed by atoms with Crippen molar-refractivity contribution in [2.75, 3.05) is 19.8 Å². The van der Waals surface area contributed by atoms with Gasteiger partial charge < -0.3 is 10.1 Å². The van der Waals surface area contributed by atoms with Crippen molar-refractivity contribution in [1.29, 1.82) is 0 Å². The normalized spacial score (nSPS) is 22.3. The molecule has 0 aliphatic carbocycles. The van der Waals surface area contributed by atoms with Crippen LogP contribution in [0.5, 0.6) is 0 Å². The average Bonchev–Trinajstić information content (AvgIpc) is 2.19. The maximum absolute atomic E-state index is 5.39. The maximum atomic E-state index is 5.39. The summed E-state index contributed by atoms with van der Waals surface area (Å²) in [5.74, 6) is 0. The van der Waals surface area contributed by atoms with Crippen LogP contribution < -0.4 is 5.32 Å². The lowest BCUT2D eigenvalue weighted by Crippen LogP contribution is -2.35. The first-order valence-electron chi connectivity index (χ1n) is 4.39. The van der Waals surface area contributed by atoms with Crippen molar-refractivity contribution in [1.82, 2.24) is 10.3 Å². The van der Waals surface area contributed by atoms with E-state index in [-0.39, 0.29) is 6.04 Å². The van der Waals surface area contributed by atoms with Crippen LogP contribution in [0, 0.1) is 0 Å². The zero-order chi connectivity index (χ0) is 9.97. The van der Waals surface area contributed by atoms with E-state index in [4.69, 9.17) is 4.74 Å². The predicted octanol–water partition coefficient (Wildman–Crippen LogP) is 2.27. The van der Waals surface area contributed by atoms with Gasteiger partial charge in [0.15, 0.2) is 0 Å². The smallest absolute Gasteiger partial charge is 0.0745 e. The number of morpholine rings is 1. The summed E-state index contributed by atoms with van der Waals surface area (Å²) < 4.78 is 7.37. The van der Waals surface area contributed by atoms with Crippen LogP contribution in [0.4, 0.5) is 0 Å². The third-order valence-corrected chi connectivity index (χ3v) is 3.16. The molecule has 1 saturated heterocycles. The Balaban J connectivity index is 2.22. The van der Waals surface area contributed by atoms with Crippen LogP contribution in [-0.4, -0.2) is 24.7 Å². The summed E-state index contributed by atoms with van der Waals surface area (Å²) in [4.78, 5) is 4.37. The summed E-state index contributed by atoms with van der Waals surface area (Å²) in [5.41, 5.74) is 1.01. The Morgan fingerprint density at radius 1 is 1.50 bits per heavy atom. The number of ether oxygens (including phenoxy) is 1. The Kier molecular flexibility index (Phi) is 3.54. The molecule has 1 unspecified atom stereocenters. The van der Waals surface area contributed by atoms with Gasteiger partial charge in [-0.15, -0.1) is 0 Å². The van der Waals surface area contributed by atoms with Crippen LogP contribution >= 0.6 is 31.9 Å². The topological polar surface area (TPSA) is 34.1 Å². The first-order chi connectivity index (χ1) is 6.77. The monoisotopic (exact) mass is 320 g/mol. The van der Waals surface area contributed by atoms with E-state index in [0.717, 1.165) is 27.8 Å². The van der Waals surface area contributed by atoms with Crippen molar-refractivity contribution in [2.24, 2.45) is 0 Å². The molecule has 2 heterocycles. The van der Waals surface area contributed by atoms with Gasteiger partial charge in [0.2, 0.25) is 0 Å². The van der Waals surface area contributed by atoms with E-state index in [1.54, 1.807) is 6.20 Å². The van der Waals surface area contributed by atoms with Crippen molar-refractivity contribution in [2.45, 2.75) is 6.04 Å². The molecule has 1 atom stereocenters. The fourth-order valence-electron chi connectivity index (χ4n) is 1.42. The molecule has 0 bridgehead atoms. The van der Waals surface area contributed by atoms with E-state index in [1.807, 2.05) is 6.07 Å². The van der Waals surface area contributed by atoms with Gasteiger partial charge in [0.05, 0.1) is 24.9 Å². The van der Waals surface area contributed by atoms with Crippen molar-refractivity contribution in [3.63, 3.8) is 0 Å². The van der Waals surface area contributed by atoms with E-state index in [2.05, 4.69) is 42.2 Å². The molecule has 0 aromatic carbocycles. The van der Waals surface area contributed by atoms with Crippen LogP contribution in [0.25, 0.3) is 0 Å². The Hall–Kier alpha value is 0.0300. The standard InChI is InChI=1S/C9H10Br2N2O/c10-6-3-7(11)9(13-4-6)8-5-14-2-1-12-8/h3-4,8,12H,1-2,5H2. The van der Waals surface area contributed by atoms with E-state index in [1.165, 1.54) is 0 Å². The van der Waals surface area contributed by atoms with E-state index < -0.39 is 0 Å². The molecule has 0 amide bonds. The van der Waals surface area contributed by atoms with E-state index >= 15 is 0 Å². The van der Waals surface area contributed by atoms with E-state index in [0.29, 0.717) is 6.61 Å². The lowest BCUT2D eigenvalue weighted by Gasteiger charge is -2.24. The molecule has 1 fully saturated rings. The first kappa shape index (κ1) is 10.5. The first-order valence-corrected chi connectivity index (χ1v) is 5.98. The number of pyridine rings is 1. The second-order valence-corrected chi connectivity index (χ2v) is 4.87. The zero-order valence-electron chi connectivity index (χ0n) is 7.46. The summed E-state index contributed by atoms with van der Waals surface area (Å²) in [7, 11) is 0. The maximum Gasteiger partial charge on any atom is 0.0745 e. The predicted molar refractivity (Wildman–Crippen MR) is 61.2 cm³/mol. The molecule has 5 heteroatoms. The molecular formula is C9H10Br2N2O. The van der Waals surface area contributed by atoms with Gasteiger partial charge >= 0.3 is 0 Å². The lowest BCUT2D eigenvalue weighted by atomic mass is 10.2. The van der Waals surface area contributed by atoms with Gasteiger partial charge in [0.1, 0.15) is 0 Å². The van der Waals surface area contributed by atoms with Crippen molar-refractivity contribution >= 4 is 31.9 Å². The van der Waals surface area contributed by atoms with Gasteiger partial charge in [0, 0.05) is 21.7 Å². The van der Waals surface area contributed by atoms with Crippen LogP contribution in [0.1, 0.15) is 11.7 Å². The van der Waals surface area contributed by atoms with Crippen LogP contribution in [0.3, 0.4) is 0 Å². The molecular weight excluding hydrogens is 312 g/mol. The summed E-state index contributed by atoms with van der Waals surface area (Å²) in [5, 5.41) is 3.36. The Morgan fingerprint density at radius 3 is 3.00 bits per heavy atom. The third-order valence-electron chi connectivity index (χ3n) is 2.09. The highest BCUT2D eigenvalue weighted by molar-refractivity contribution is 9.11. The number of hydrogen-bond donors (Lipinski definition) is 1. The third kappa shape index (κ3) is 2.34. The van der Waals surface area contributed by atoms with Crippen molar-refractivity contribution in [3.8, 4) is 0 Å². The van der Waals surface area contributed by atoms with Gasteiger partial charge in [-0.2, -0.15) is 0 Å². The summed E-state index contributed by atoms with van der Waals surface area (Å²) in [6.07, 6.45) is 1.80. The SMILES string of the molecule is Brc1cnc(C2COCCN2)c(Br)c1. The number of hydrogen-bond acceptors (Lipinski definition) is 3. The molecule has 0 saturated carbocycles. The highest BCUT2D eigenvalue weighted by Gasteiger charge is 2.18. The minimum absolute atomic E-state index is 0.200. The fourth-order valence-corrected chi connectivity index (χ4v) is 2.69. The van der Waals surface area contributed by atoms with Gasteiger partial charge in [-0.05, 0) is 37.9 Å². The Morgan fingerprint density at radius 2 is 2.36 bits per heavy atom. The quantitative estimate of drug-likeness (QED) is 0.861. The van der Waals surface area contributed by atoms with Gasteiger partial charge in [-0.1, -0.05) is 0 Å². The Bertz CT molecular complexity index is 327. The second kappa shape index (κ2) is 4.70. The lowest BCUT2D eigenvalue weighted by molar-refractivity contribution is 0.0754. The molecule has 1 aliphatic heterocycles. The average molecular weight is 322 g/mol. The van der Waals surface area contributed by atoms with Crippen LogP contribution in [-0.2, 0) is 4.74 Å². The summed E-state index contributed by atoms with van der Waals surface area (Å²) in [6.45, 7) is 2.35.